The summed E-state index contributed by atoms with van der Waals surface area (Å²) in [7, 11) is 0. The van der Waals surface area contributed by atoms with Crippen LogP contribution in [0.1, 0.15) is 51.5 Å². The highest BCUT2D eigenvalue weighted by molar-refractivity contribution is 5.79. The third kappa shape index (κ3) is 4.79. The van der Waals surface area contributed by atoms with Gasteiger partial charge in [0.1, 0.15) is 0 Å². The molecule has 1 aromatic carbocycles. The molecule has 4 heteroatoms. The SMILES string of the molecule is CCNC(=NCC1(c2ccccc2)CCC1)NCC1CCCN(CC)C1. The summed E-state index contributed by atoms with van der Waals surface area (Å²) in [6.45, 7) is 10.9. The van der Waals surface area contributed by atoms with Crippen LogP contribution in [0.2, 0.25) is 0 Å². The molecule has 0 aromatic heterocycles. The molecule has 4 nitrogen and oxygen atoms in total. The molecule has 2 aliphatic rings. The molecule has 1 saturated heterocycles. The number of nitrogens with one attached hydrogen (secondary N) is 2. The van der Waals surface area contributed by atoms with Crippen molar-refractivity contribution >= 4 is 5.96 Å². The normalized spacial score (nSPS) is 23.3. The van der Waals surface area contributed by atoms with E-state index in [1.165, 1.54) is 57.3 Å². The molecule has 0 radical (unpaired) electrons. The molecule has 1 aliphatic carbocycles. The Kier molecular flexibility index (Phi) is 6.95. The van der Waals surface area contributed by atoms with Crippen LogP contribution in [0.5, 0.6) is 0 Å². The Labute approximate surface area is 159 Å². The van der Waals surface area contributed by atoms with Crippen LogP contribution in [0.4, 0.5) is 0 Å². The zero-order valence-electron chi connectivity index (χ0n) is 16.6. The van der Waals surface area contributed by atoms with E-state index in [0.29, 0.717) is 0 Å². The topological polar surface area (TPSA) is 39.7 Å². The second-order valence-corrected chi connectivity index (χ2v) is 7.98. The molecule has 0 bridgehead atoms. The molecule has 1 heterocycles. The maximum atomic E-state index is 4.99. The summed E-state index contributed by atoms with van der Waals surface area (Å²) in [6.07, 6.45) is 6.49. The van der Waals surface area contributed by atoms with Crippen molar-refractivity contribution in [3.63, 3.8) is 0 Å². The van der Waals surface area contributed by atoms with Crippen LogP contribution in [-0.2, 0) is 5.41 Å². The number of benzene rings is 1. The lowest BCUT2D eigenvalue weighted by Gasteiger charge is -2.41. The highest BCUT2D eigenvalue weighted by Gasteiger charge is 2.38. The van der Waals surface area contributed by atoms with Crippen molar-refractivity contribution < 1.29 is 0 Å². The van der Waals surface area contributed by atoms with Crippen molar-refractivity contribution in [3.05, 3.63) is 35.9 Å². The van der Waals surface area contributed by atoms with Gasteiger partial charge in [-0.15, -0.1) is 0 Å². The lowest BCUT2D eigenvalue weighted by atomic mass is 9.64. The summed E-state index contributed by atoms with van der Waals surface area (Å²) >= 11 is 0. The van der Waals surface area contributed by atoms with Gasteiger partial charge < -0.3 is 15.5 Å². The number of hydrogen-bond donors (Lipinski definition) is 2. The van der Waals surface area contributed by atoms with Gasteiger partial charge in [0.2, 0.25) is 0 Å². The number of nitrogens with zero attached hydrogens (tertiary/aromatic N) is 2. The zero-order valence-corrected chi connectivity index (χ0v) is 16.6. The summed E-state index contributed by atoms with van der Waals surface area (Å²) in [4.78, 5) is 7.56. The van der Waals surface area contributed by atoms with Gasteiger partial charge in [-0.25, -0.2) is 0 Å². The van der Waals surface area contributed by atoms with Crippen molar-refractivity contribution in [1.29, 1.82) is 0 Å². The third-order valence-electron chi connectivity index (χ3n) is 6.19. The Morgan fingerprint density at radius 2 is 1.96 bits per heavy atom. The van der Waals surface area contributed by atoms with Crippen molar-refractivity contribution in [1.82, 2.24) is 15.5 Å². The van der Waals surface area contributed by atoms with E-state index in [9.17, 15) is 0 Å². The largest absolute Gasteiger partial charge is 0.357 e. The van der Waals surface area contributed by atoms with Crippen LogP contribution in [-0.4, -0.2) is 50.1 Å². The molecule has 26 heavy (non-hydrogen) atoms. The minimum atomic E-state index is 0.257. The molecule has 1 atom stereocenters. The summed E-state index contributed by atoms with van der Waals surface area (Å²) in [5.74, 6) is 1.72. The van der Waals surface area contributed by atoms with Gasteiger partial charge in [0.15, 0.2) is 5.96 Å². The van der Waals surface area contributed by atoms with Crippen LogP contribution < -0.4 is 10.6 Å². The fraction of sp³-hybridized carbons (Fsp3) is 0.682. The first-order valence-corrected chi connectivity index (χ1v) is 10.6. The Hall–Kier alpha value is -1.55. The molecule has 1 aromatic rings. The number of likely N-dealkylation sites (tertiary alicyclic amines) is 1. The van der Waals surface area contributed by atoms with Crippen molar-refractivity contribution in [2.45, 2.75) is 51.4 Å². The van der Waals surface area contributed by atoms with Crippen LogP contribution in [0.3, 0.4) is 0 Å². The standard InChI is InChI=1S/C22H36N4/c1-3-23-21(24-16-19-10-8-15-26(4-2)17-19)25-18-22(13-9-14-22)20-11-6-5-7-12-20/h5-7,11-12,19H,3-4,8-10,13-18H2,1-2H3,(H2,23,24,25). The van der Waals surface area contributed by atoms with Crippen LogP contribution in [0.15, 0.2) is 35.3 Å². The molecule has 2 fully saturated rings. The minimum Gasteiger partial charge on any atom is -0.357 e. The first kappa shape index (κ1) is 19.2. The summed E-state index contributed by atoms with van der Waals surface area (Å²) < 4.78 is 0. The number of guanidine groups is 1. The Morgan fingerprint density at radius 1 is 1.15 bits per heavy atom. The van der Waals surface area contributed by atoms with E-state index in [1.807, 2.05) is 0 Å². The average Bonchev–Trinajstić information content (AvgIpc) is 2.66. The van der Waals surface area contributed by atoms with E-state index >= 15 is 0 Å². The van der Waals surface area contributed by atoms with Crippen LogP contribution in [0.25, 0.3) is 0 Å². The zero-order chi connectivity index (χ0) is 18.2. The van der Waals surface area contributed by atoms with E-state index in [4.69, 9.17) is 4.99 Å². The van der Waals surface area contributed by atoms with E-state index in [1.54, 1.807) is 0 Å². The maximum absolute atomic E-state index is 4.99. The van der Waals surface area contributed by atoms with E-state index < -0.39 is 0 Å². The Morgan fingerprint density at radius 3 is 2.62 bits per heavy atom. The lowest BCUT2D eigenvalue weighted by Crippen LogP contribution is -2.45. The van der Waals surface area contributed by atoms with Gasteiger partial charge in [0.25, 0.3) is 0 Å². The molecule has 0 amide bonds. The second kappa shape index (κ2) is 9.40. The smallest absolute Gasteiger partial charge is 0.191 e. The molecule has 2 N–H and O–H groups in total. The summed E-state index contributed by atoms with van der Waals surface area (Å²) in [5.41, 5.74) is 1.71. The van der Waals surface area contributed by atoms with Crippen LogP contribution in [0, 0.1) is 5.92 Å². The highest BCUT2D eigenvalue weighted by atomic mass is 15.2. The second-order valence-electron chi connectivity index (χ2n) is 7.98. The van der Waals surface area contributed by atoms with Crippen LogP contribution >= 0.6 is 0 Å². The van der Waals surface area contributed by atoms with E-state index in [2.05, 4.69) is 59.7 Å². The first-order chi connectivity index (χ1) is 12.8. The molecule has 1 unspecified atom stereocenters. The lowest BCUT2D eigenvalue weighted by molar-refractivity contribution is 0.183. The highest BCUT2D eigenvalue weighted by Crippen LogP contribution is 2.43. The summed E-state index contributed by atoms with van der Waals surface area (Å²) in [5, 5.41) is 7.06. The number of piperidine rings is 1. The number of hydrogen-bond acceptors (Lipinski definition) is 2. The van der Waals surface area contributed by atoms with Gasteiger partial charge in [-0.3, -0.25) is 4.99 Å². The molecule has 1 saturated carbocycles. The van der Waals surface area contributed by atoms with E-state index in [0.717, 1.165) is 31.5 Å². The van der Waals surface area contributed by atoms with Gasteiger partial charge in [0, 0.05) is 25.0 Å². The third-order valence-corrected chi connectivity index (χ3v) is 6.19. The predicted octanol–water partition coefficient (Wildman–Crippen LogP) is 3.40. The molecule has 0 spiro atoms. The van der Waals surface area contributed by atoms with Gasteiger partial charge in [-0.05, 0) is 57.2 Å². The fourth-order valence-corrected chi connectivity index (χ4v) is 4.35. The van der Waals surface area contributed by atoms with Crippen molar-refractivity contribution in [2.24, 2.45) is 10.9 Å². The first-order valence-electron chi connectivity index (χ1n) is 10.6. The molecular formula is C22H36N4. The van der Waals surface area contributed by atoms with Gasteiger partial charge in [-0.2, -0.15) is 0 Å². The van der Waals surface area contributed by atoms with Gasteiger partial charge in [-0.1, -0.05) is 43.7 Å². The number of rotatable bonds is 7. The van der Waals surface area contributed by atoms with Gasteiger partial charge in [0.05, 0.1) is 6.54 Å². The quantitative estimate of drug-likeness (QED) is 0.581. The monoisotopic (exact) mass is 356 g/mol. The number of aliphatic imine (C=N–C) groups is 1. The summed E-state index contributed by atoms with van der Waals surface area (Å²) in [6, 6.07) is 11.0. The maximum Gasteiger partial charge on any atom is 0.191 e. The van der Waals surface area contributed by atoms with E-state index in [-0.39, 0.29) is 5.41 Å². The van der Waals surface area contributed by atoms with Gasteiger partial charge >= 0.3 is 0 Å². The van der Waals surface area contributed by atoms with Crippen molar-refractivity contribution in [3.8, 4) is 0 Å². The Balaban J connectivity index is 1.58. The molecular weight excluding hydrogens is 320 g/mol. The molecule has 3 rings (SSSR count). The molecule has 1 aliphatic heterocycles. The molecule has 144 valence electrons. The Bertz CT molecular complexity index is 565. The average molecular weight is 357 g/mol. The fourth-order valence-electron chi connectivity index (χ4n) is 4.35. The van der Waals surface area contributed by atoms with Crippen molar-refractivity contribution in [2.75, 3.05) is 39.3 Å². The minimum absolute atomic E-state index is 0.257. The predicted molar refractivity (Wildman–Crippen MR) is 111 cm³/mol.